The zero-order valence-corrected chi connectivity index (χ0v) is 12.1. The number of ether oxygens (including phenoxy) is 1. The van der Waals surface area contributed by atoms with Crippen LogP contribution in [0.4, 0.5) is 0 Å². The highest BCUT2D eigenvalue weighted by atomic mass is 16.5. The maximum absolute atomic E-state index is 11.8. The van der Waals surface area contributed by atoms with Crippen molar-refractivity contribution < 1.29 is 13.9 Å². The van der Waals surface area contributed by atoms with Gasteiger partial charge in [0.25, 0.3) is 5.91 Å². The first-order valence-corrected chi connectivity index (χ1v) is 7.36. The summed E-state index contributed by atoms with van der Waals surface area (Å²) < 4.78 is 10.9. The van der Waals surface area contributed by atoms with E-state index < -0.39 is 0 Å². The predicted molar refractivity (Wildman–Crippen MR) is 76.6 cm³/mol. The standard InChI is InChI=1S/C15H24N2O3/c1-11-14(7-10-19-11)15(18)17-8-2-9-20-13-5-3-12(16)4-6-13/h7,10,12-13H,2-6,8-9,16H2,1H3,(H,17,18). The van der Waals surface area contributed by atoms with Gasteiger partial charge in [-0.1, -0.05) is 0 Å². The summed E-state index contributed by atoms with van der Waals surface area (Å²) in [7, 11) is 0. The van der Waals surface area contributed by atoms with Crippen LogP contribution in [0.5, 0.6) is 0 Å². The van der Waals surface area contributed by atoms with Crippen molar-refractivity contribution in [1.29, 1.82) is 0 Å². The molecule has 0 bridgehead atoms. The topological polar surface area (TPSA) is 77.5 Å². The third-order valence-electron chi connectivity index (χ3n) is 3.78. The molecule has 0 aliphatic heterocycles. The number of carbonyl (C=O) groups excluding carboxylic acids is 1. The Labute approximate surface area is 119 Å². The monoisotopic (exact) mass is 280 g/mol. The van der Waals surface area contributed by atoms with Crippen LogP contribution in [-0.2, 0) is 4.74 Å². The highest BCUT2D eigenvalue weighted by Gasteiger charge is 2.18. The molecule has 0 unspecified atom stereocenters. The van der Waals surface area contributed by atoms with Crippen molar-refractivity contribution in [3.8, 4) is 0 Å². The molecular formula is C15H24N2O3. The Balaban J connectivity index is 1.56. The molecule has 0 saturated heterocycles. The van der Waals surface area contributed by atoms with Crippen LogP contribution in [0.3, 0.4) is 0 Å². The van der Waals surface area contributed by atoms with Crippen LogP contribution >= 0.6 is 0 Å². The van der Waals surface area contributed by atoms with Gasteiger partial charge < -0.3 is 20.2 Å². The van der Waals surface area contributed by atoms with Gasteiger partial charge in [-0.15, -0.1) is 0 Å². The number of furan rings is 1. The lowest BCUT2D eigenvalue weighted by Gasteiger charge is -2.26. The number of carbonyl (C=O) groups is 1. The summed E-state index contributed by atoms with van der Waals surface area (Å²) in [6.45, 7) is 3.09. The smallest absolute Gasteiger partial charge is 0.254 e. The Kier molecular flexibility index (Phi) is 5.61. The van der Waals surface area contributed by atoms with Gasteiger partial charge in [-0.3, -0.25) is 4.79 Å². The van der Waals surface area contributed by atoms with Gasteiger partial charge in [0, 0.05) is 19.2 Å². The van der Waals surface area contributed by atoms with Crippen molar-refractivity contribution in [2.45, 2.75) is 51.2 Å². The van der Waals surface area contributed by atoms with Gasteiger partial charge in [0.05, 0.1) is 17.9 Å². The molecule has 0 radical (unpaired) electrons. The van der Waals surface area contributed by atoms with Crippen LogP contribution in [-0.4, -0.2) is 31.2 Å². The molecule has 5 nitrogen and oxygen atoms in total. The van der Waals surface area contributed by atoms with E-state index in [1.165, 1.54) is 6.26 Å². The SMILES string of the molecule is Cc1occc1C(=O)NCCCOC1CCC(N)CC1. The summed E-state index contributed by atoms with van der Waals surface area (Å²) in [5.74, 6) is 0.567. The maximum Gasteiger partial charge on any atom is 0.254 e. The third-order valence-corrected chi connectivity index (χ3v) is 3.78. The van der Waals surface area contributed by atoms with E-state index in [9.17, 15) is 4.79 Å². The third kappa shape index (κ3) is 4.35. The minimum Gasteiger partial charge on any atom is -0.469 e. The molecule has 1 aliphatic rings. The number of amides is 1. The van der Waals surface area contributed by atoms with E-state index in [1.807, 2.05) is 0 Å². The average molecular weight is 280 g/mol. The summed E-state index contributed by atoms with van der Waals surface area (Å²) in [6.07, 6.45) is 6.93. The summed E-state index contributed by atoms with van der Waals surface area (Å²) >= 11 is 0. The van der Waals surface area contributed by atoms with E-state index in [-0.39, 0.29) is 5.91 Å². The molecule has 3 N–H and O–H groups in total. The first-order chi connectivity index (χ1) is 9.66. The molecule has 112 valence electrons. The lowest BCUT2D eigenvalue weighted by molar-refractivity contribution is 0.0241. The normalized spacial score (nSPS) is 22.7. The molecule has 1 aromatic rings. The van der Waals surface area contributed by atoms with Crippen LogP contribution < -0.4 is 11.1 Å². The number of nitrogens with two attached hydrogens (primary N) is 1. The van der Waals surface area contributed by atoms with Crippen LogP contribution in [0.25, 0.3) is 0 Å². The molecule has 1 aromatic heterocycles. The summed E-state index contributed by atoms with van der Waals surface area (Å²) in [4.78, 5) is 11.8. The second-order valence-electron chi connectivity index (χ2n) is 5.41. The Morgan fingerprint density at radius 2 is 2.20 bits per heavy atom. The minimum atomic E-state index is -0.0834. The van der Waals surface area contributed by atoms with Gasteiger partial charge in [0.2, 0.25) is 0 Å². The molecule has 1 saturated carbocycles. The molecule has 5 heteroatoms. The van der Waals surface area contributed by atoms with Gasteiger partial charge in [-0.05, 0) is 45.1 Å². The zero-order chi connectivity index (χ0) is 14.4. The molecule has 20 heavy (non-hydrogen) atoms. The number of nitrogens with one attached hydrogen (secondary N) is 1. The van der Waals surface area contributed by atoms with Crippen LogP contribution in [0.15, 0.2) is 16.7 Å². The van der Waals surface area contributed by atoms with Crippen LogP contribution in [0.2, 0.25) is 0 Å². The van der Waals surface area contributed by atoms with Crippen molar-refractivity contribution in [2.75, 3.05) is 13.2 Å². The quantitative estimate of drug-likeness (QED) is 0.781. The highest BCUT2D eigenvalue weighted by molar-refractivity contribution is 5.94. The summed E-state index contributed by atoms with van der Waals surface area (Å²) in [6, 6.07) is 2.04. The Morgan fingerprint density at radius 1 is 1.45 bits per heavy atom. The molecule has 1 fully saturated rings. The fourth-order valence-electron chi connectivity index (χ4n) is 2.50. The molecular weight excluding hydrogens is 256 g/mol. The van der Waals surface area contributed by atoms with Crippen LogP contribution in [0, 0.1) is 6.92 Å². The number of aryl methyl sites for hydroxylation is 1. The fourth-order valence-corrected chi connectivity index (χ4v) is 2.50. The molecule has 1 heterocycles. The molecule has 0 aromatic carbocycles. The van der Waals surface area contributed by atoms with Gasteiger partial charge in [0.1, 0.15) is 5.76 Å². The van der Waals surface area contributed by atoms with E-state index in [2.05, 4.69) is 5.32 Å². The van der Waals surface area contributed by atoms with Gasteiger partial charge in [-0.2, -0.15) is 0 Å². The number of rotatable bonds is 6. The summed E-state index contributed by atoms with van der Waals surface area (Å²) in [5, 5.41) is 2.87. The van der Waals surface area contributed by atoms with E-state index in [0.29, 0.717) is 36.6 Å². The molecule has 2 rings (SSSR count). The Morgan fingerprint density at radius 3 is 2.85 bits per heavy atom. The molecule has 1 aliphatic carbocycles. The number of hydrogen-bond acceptors (Lipinski definition) is 4. The van der Waals surface area contributed by atoms with Crippen molar-refractivity contribution in [1.82, 2.24) is 5.32 Å². The predicted octanol–water partition coefficient (Wildman–Crippen LogP) is 1.99. The van der Waals surface area contributed by atoms with Crippen molar-refractivity contribution in [3.05, 3.63) is 23.7 Å². The minimum absolute atomic E-state index is 0.0834. The molecule has 0 spiro atoms. The number of hydrogen-bond donors (Lipinski definition) is 2. The first kappa shape index (κ1) is 15.1. The van der Waals surface area contributed by atoms with E-state index in [4.69, 9.17) is 14.9 Å². The van der Waals surface area contributed by atoms with Crippen molar-refractivity contribution in [2.24, 2.45) is 5.73 Å². The van der Waals surface area contributed by atoms with E-state index in [0.717, 1.165) is 32.1 Å². The van der Waals surface area contributed by atoms with E-state index >= 15 is 0 Å². The maximum atomic E-state index is 11.8. The van der Waals surface area contributed by atoms with Gasteiger partial charge in [0.15, 0.2) is 0 Å². The van der Waals surface area contributed by atoms with Crippen molar-refractivity contribution in [3.63, 3.8) is 0 Å². The lowest BCUT2D eigenvalue weighted by atomic mass is 9.94. The second-order valence-corrected chi connectivity index (χ2v) is 5.41. The second kappa shape index (κ2) is 7.45. The van der Waals surface area contributed by atoms with Gasteiger partial charge >= 0.3 is 0 Å². The zero-order valence-electron chi connectivity index (χ0n) is 12.1. The van der Waals surface area contributed by atoms with Crippen molar-refractivity contribution >= 4 is 5.91 Å². The molecule has 1 amide bonds. The lowest BCUT2D eigenvalue weighted by Crippen LogP contribution is -2.31. The highest BCUT2D eigenvalue weighted by Crippen LogP contribution is 2.19. The summed E-state index contributed by atoms with van der Waals surface area (Å²) in [5.41, 5.74) is 6.46. The average Bonchev–Trinajstić information content (AvgIpc) is 2.86. The molecule has 0 atom stereocenters. The van der Waals surface area contributed by atoms with Gasteiger partial charge in [-0.25, -0.2) is 0 Å². The van der Waals surface area contributed by atoms with E-state index in [1.54, 1.807) is 13.0 Å². The Hall–Kier alpha value is -1.33. The fraction of sp³-hybridized carbons (Fsp3) is 0.667. The Bertz CT molecular complexity index is 423. The largest absolute Gasteiger partial charge is 0.469 e. The van der Waals surface area contributed by atoms with Crippen LogP contribution in [0.1, 0.15) is 48.2 Å². The first-order valence-electron chi connectivity index (χ1n) is 7.36.